The van der Waals surface area contributed by atoms with E-state index in [0.29, 0.717) is 5.75 Å². The van der Waals surface area contributed by atoms with E-state index >= 15 is 0 Å². The van der Waals surface area contributed by atoms with Crippen molar-refractivity contribution >= 4 is 0 Å². The Bertz CT molecular complexity index is 437. The van der Waals surface area contributed by atoms with E-state index in [2.05, 4.69) is 0 Å². The molecule has 0 aromatic heterocycles. The second-order valence-corrected chi connectivity index (χ2v) is 4.82. The first-order valence-corrected chi connectivity index (χ1v) is 6.08. The van der Waals surface area contributed by atoms with Crippen molar-refractivity contribution in [2.45, 2.75) is 38.3 Å². The van der Waals surface area contributed by atoms with E-state index in [4.69, 9.17) is 10.5 Å². The van der Waals surface area contributed by atoms with E-state index in [0.717, 1.165) is 12.1 Å². The minimum atomic E-state index is -5.47. The summed E-state index contributed by atoms with van der Waals surface area (Å²) in [6.07, 6.45) is -11.1. The van der Waals surface area contributed by atoms with Crippen LogP contribution in [0.25, 0.3) is 0 Å². The van der Waals surface area contributed by atoms with E-state index in [1.54, 1.807) is 13.8 Å². The highest BCUT2D eigenvalue weighted by atomic mass is 19.4. The summed E-state index contributed by atoms with van der Waals surface area (Å²) in [4.78, 5) is 0. The molecule has 0 aliphatic carbocycles. The van der Waals surface area contributed by atoms with Gasteiger partial charge in [-0.1, -0.05) is 12.1 Å². The highest BCUT2D eigenvalue weighted by Gasteiger charge is 2.59. The third kappa shape index (κ3) is 4.80. The third-order valence-corrected chi connectivity index (χ3v) is 2.70. The number of hydrogen-bond acceptors (Lipinski definition) is 2. The van der Waals surface area contributed by atoms with Gasteiger partial charge >= 0.3 is 12.4 Å². The summed E-state index contributed by atoms with van der Waals surface area (Å²) in [6, 6.07) is 2.57. The summed E-state index contributed by atoms with van der Waals surface area (Å²) in [7, 11) is 0. The molecule has 8 heteroatoms. The van der Waals surface area contributed by atoms with Crippen molar-refractivity contribution in [2.24, 2.45) is 11.7 Å². The molecule has 0 amide bonds. The van der Waals surface area contributed by atoms with Gasteiger partial charge in [0.1, 0.15) is 5.75 Å². The molecule has 0 aliphatic rings. The molecule has 0 saturated heterocycles. The summed E-state index contributed by atoms with van der Waals surface area (Å²) < 4.78 is 80.7. The lowest BCUT2D eigenvalue weighted by molar-refractivity contribution is -0.290. The normalized spacial score (nSPS) is 14.6. The summed E-state index contributed by atoms with van der Waals surface area (Å²) in [5.74, 6) is -3.27. The molecule has 21 heavy (non-hydrogen) atoms. The first-order chi connectivity index (χ1) is 9.43. The number of ether oxygens (including phenoxy) is 1. The molecular weight excluding hydrogens is 300 g/mol. The maximum absolute atomic E-state index is 12.6. The van der Waals surface area contributed by atoms with Crippen molar-refractivity contribution in [3.05, 3.63) is 29.8 Å². The van der Waals surface area contributed by atoms with Gasteiger partial charge in [-0.25, -0.2) is 0 Å². The Morgan fingerprint density at radius 3 is 1.67 bits per heavy atom. The van der Waals surface area contributed by atoms with Gasteiger partial charge in [0, 0.05) is 0 Å². The molecule has 0 radical (unpaired) electrons. The molecule has 2 nitrogen and oxygen atoms in total. The van der Waals surface area contributed by atoms with Crippen molar-refractivity contribution in [1.29, 1.82) is 0 Å². The maximum atomic E-state index is 12.6. The Hall–Kier alpha value is -1.44. The quantitative estimate of drug-likeness (QED) is 0.845. The van der Waals surface area contributed by atoms with Crippen LogP contribution in [-0.4, -0.2) is 18.5 Å². The third-order valence-electron chi connectivity index (χ3n) is 2.70. The Labute approximate surface area is 117 Å². The minimum absolute atomic E-state index is 0.164. The first-order valence-electron chi connectivity index (χ1n) is 6.08. The number of benzene rings is 1. The zero-order valence-electron chi connectivity index (χ0n) is 11.3. The molecule has 0 spiro atoms. The van der Waals surface area contributed by atoms with Crippen molar-refractivity contribution in [3.63, 3.8) is 0 Å². The number of alkyl halides is 6. The molecule has 1 atom stereocenters. The molecule has 0 heterocycles. The lowest BCUT2D eigenvalue weighted by Crippen LogP contribution is -2.43. The molecule has 2 N–H and O–H groups in total. The second-order valence-electron chi connectivity index (χ2n) is 4.82. The second kappa shape index (κ2) is 6.13. The maximum Gasteiger partial charge on any atom is 0.402 e. The number of hydrogen-bond donors (Lipinski definition) is 1. The molecule has 1 aromatic carbocycles. The average Bonchev–Trinajstić information content (AvgIpc) is 2.24. The van der Waals surface area contributed by atoms with Crippen LogP contribution in [0.5, 0.6) is 5.75 Å². The lowest BCUT2D eigenvalue weighted by atomic mass is 9.92. The fourth-order valence-corrected chi connectivity index (χ4v) is 1.83. The molecule has 120 valence electrons. The van der Waals surface area contributed by atoms with Crippen molar-refractivity contribution < 1.29 is 31.1 Å². The average molecular weight is 315 g/mol. The predicted molar refractivity (Wildman–Crippen MR) is 64.7 cm³/mol. The molecule has 0 aliphatic heterocycles. The Balaban J connectivity index is 3.02. The SMILES string of the molecule is CC(C)Oc1ccc(C(N)C(C(F)(F)F)C(F)(F)F)cc1. The van der Waals surface area contributed by atoms with E-state index in [9.17, 15) is 26.3 Å². The van der Waals surface area contributed by atoms with Gasteiger partial charge in [0.2, 0.25) is 0 Å². The van der Waals surface area contributed by atoms with Gasteiger partial charge in [-0.05, 0) is 31.5 Å². The highest BCUT2D eigenvalue weighted by Crippen LogP contribution is 2.45. The summed E-state index contributed by atoms with van der Waals surface area (Å²) in [6.45, 7) is 3.48. The zero-order chi connectivity index (χ0) is 16.4. The Morgan fingerprint density at radius 2 is 1.33 bits per heavy atom. The summed E-state index contributed by atoms with van der Waals surface area (Å²) in [5, 5.41) is 0. The number of rotatable bonds is 4. The van der Waals surface area contributed by atoms with Gasteiger partial charge in [0.15, 0.2) is 5.92 Å². The van der Waals surface area contributed by atoms with Gasteiger partial charge in [-0.15, -0.1) is 0 Å². The molecule has 1 unspecified atom stereocenters. The molecular formula is C13H15F6NO. The number of halogens is 6. The van der Waals surface area contributed by atoms with Gasteiger partial charge < -0.3 is 10.5 Å². The Kier molecular flexibility index (Phi) is 5.14. The minimum Gasteiger partial charge on any atom is -0.491 e. The van der Waals surface area contributed by atoms with Crippen LogP contribution in [0.2, 0.25) is 0 Å². The lowest BCUT2D eigenvalue weighted by Gasteiger charge is -2.28. The molecule has 0 bridgehead atoms. The van der Waals surface area contributed by atoms with Crippen LogP contribution in [0, 0.1) is 5.92 Å². The van der Waals surface area contributed by atoms with Crippen LogP contribution in [0.4, 0.5) is 26.3 Å². The largest absolute Gasteiger partial charge is 0.491 e. The van der Waals surface area contributed by atoms with Gasteiger partial charge in [0.05, 0.1) is 12.1 Å². The summed E-state index contributed by atoms with van der Waals surface area (Å²) in [5.41, 5.74) is 4.92. The van der Waals surface area contributed by atoms with Gasteiger partial charge in [-0.3, -0.25) is 0 Å². The van der Waals surface area contributed by atoms with Gasteiger partial charge in [-0.2, -0.15) is 26.3 Å². The van der Waals surface area contributed by atoms with Crippen LogP contribution in [0.1, 0.15) is 25.5 Å². The van der Waals surface area contributed by atoms with E-state index in [1.807, 2.05) is 0 Å². The van der Waals surface area contributed by atoms with E-state index in [1.165, 1.54) is 12.1 Å². The van der Waals surface area contributed by atoms with E-state index in [-0.39, 0.29) is 11.7 Å². The Morgan fingerprint density at radius 1 is 0.905 bits per heavy atom. The topological polar surface area (TPSA) is 35.2 Å². The highest BCUT2D eigenvalue weighted by molar-refractivity contribution is 5.30. The smallest absolute Gasteiger partial charge is 0.402 e. The van der Waals surface area contributed by atoms with Crippen LogP contribution in [0.3, 0.4) is 0 Å². The standard InChI is InChI=1S/C13H15F6NO/c1-7(2)21-9-5-3-8(4-6-9)10(20)11(12(14,15)16)13(17,18)19/h3-7,10-11H,20H2,1-2H3. The monoisotopic (exact) mass is 315 g/mol. The predicted octanol–water partition coefficient (Wildman–Crippen LogP) is 4.21. The van der Waals surface area contributed by atoms with Crippen molar-refractivity contribution in [1.82, 2.24) is 0 Å². The number of nitrogens with two attached hydrogens (primary N) is 1. The van der Waals surface area contributed by atoms with Crippen molar-refractivity contribution in [3.8, 4) is 5.75 Å². The van der Waals surface area contributed by atoms with Crippen LogP contribution in [-0.2, 0) is 0 Å². The zero-order valence-corrected chi connectivity index (χ0v) is 11.3. The fraction of sp³-hybridized carbons (Fsp3) is 0.538. The van der Waals surface area contributed by atoms with Crippen molar-refractivity contribution in [2.75, 3.05) is 0 Å². The molecule has 0 saturated carbocycles. The van der Waals surface area contributed by atoms with Crippen LogP contribution >= 0.6 is 0 Å². The molecule has 0 fully saturated rings. The van der Waals surface area contributed by atoms with Crippen LogP contribution < -0.4 is 10.5 Å². The van der Waals surface area contributed by atoms with Crippen LogP contribution in [0.15, 0.2) is 24.3 Å². The molecule has 1 rings (SSSR count). The summed E-state index contributed by atoms with van der Waals surface area (Å²) >= 11 is 0. The van der Waals surface area contributed by atoms with E-state index < -0.39 is 24.3 Å². The van der Waals surface area contributed by atoms with Gasteiger partial charge in [0.25, 0.3) is 0 Å². The molecule has 1 aromatic rings. The fourth-order valence-electron chi connectivity index (χ4n) is 1.83. The first kappa shape index (κ1) is 17.6.